The van der Waals surface area contributed by atoms with Crippen molar-refractivity contribution in [3.63, 3.8) is 0 Å². The van der Waals surface area contributed by atoms with Gasteiger partial charge < -0.3 is 9.63 Å². The van der Waals surface area contributed by atoms with E-state index in [1.165, 1.54) is 13.3 Å². The second kappa shape index (κ2) is 2.99. The number of hydrogen-bond donors (Lipinski definition) is 1. The molecule has 0 aliphatic heterocycles. The SMILES string of the molecule is CP(C)(=O)OC(=O)CO. The molecule has 0 fully saturated rings. The predicted molar refractivity (Wildman–Crippen MR) is 32.6 cm³/mol. The van der Waals surface area contributed by atoms with Gasteiger partial charge in [0, 0.05) is 13.3 Å². The van der Waals surface area contributed by atoms with Crippen LogP contribution in [0.15, 0.2) is 0 Å². The fraction of sp³-hybridized carbons (Fsp3) is 0.750. The molecule has 0 heterocycles. The van der Waals surface area contributed by atoms with Gasteiger partial charge in [-0.05, 0) is 0 Å². The van der Waals surface area contributed by atoms with Gasteiger partial charge in [-0.1, -0.05) is 0 Å². The Kier molecular flexibility index (Phi) is 2.88. The van der Waals surface area contributed by atoms with Gasteiger partial charge >= 0.3 is 5.97 Å². The highest BCUT2D eigenvalue weighted by Gasteiger charge is 2.11. The summed E-state index contributed by atoms with van der Waals surface area (Å²) in [6.07, 6.45) is 0. The van der Waals surface area contributed by atoms with Crippen LogP contribution in [-0.4, -0.2) is 31.0 Å². The molecule has 54 valence electrons. The van der Waals surface area contributed by atoms with E-state index >= 15 is 0 Å². The lowest BCUT2D eigenvalue weighted by molar-refractivity contribution is -0.137. The van der Waals surface area contributed by atoms with Crippen LogP contribution in [0.5, 0.6) is 0 Å². The second-order valence-corrected chi connectivity index (χ2v) is 4.56. The predicted octanol–water partition coefficient (Wildman–Crippen LogP) is 0.0596. The van der Waals surface area contributed by atoms with E-state index in [0.717, 1.165) is 0 Å². The maximum Gasteiger partial charge on any atom is 0.336 e. The van der Waals surface area contributed by atoms with Gasteiger partial charge in [-0.15, -0.1) is 0 Å². The Labute approximate surface area is 53.3 Å². The minimum atomic E-state index is -2.75. The third-order valence-electron chi connectivity index (χ3n) is 0.451. The van der Waals surface area contributed by atoms with Crippen molar-refractivity contribution in [2.75, 3.05) is 19.9 Å². The maximum absolute atomic E-state index is 10.6. The fourth-order valence-electron chi connectivity index (χ4n) is 0.274. The van der Waals surface area contributed by atoms with Gasteiger partial charge in [-0.3, -0.25) is 4.57 Å². The third kappa shape index (κ3) is 5.53. The molecule has 0 aromatic heterocycles. The third-order valence-corrected chi connectivity index (χ3v) is 1.09. The number of carbonyl (C=O) groups excluding carboxylic acids is 1. The van der Waals surface area contributed by atoms with Gasteiger partial charge in [0.2, 0.25) is 7.37 Å². The molecule has 0 bridgehead atoms. The summed E-state index contributed by atoms with van der Waals surface area (Å²) < 4.78 is 14.9. The normalized spacial score (nSPS) is 11.0. The smallest absolute Gasteiger partial charge is 0.336 e. The van der Waals surface area contributed by atoms with Crippen LogP contribution in [-0.2, 0) is 13.9 Å². The molecule has 0 aromatic carbocycles. The van der Waals surface area contributed by atoms with Crippen molar-refractivity contribution in [1.82, 2.24) is 0 Å². The largest absolute Gasteiger partial charge is 0.411 e. The Balaban J connectivity index is 3.75. The summed E-state index contributed by atoms with van der Waals surface area (Å²) in [5.41, 5.74) is 0. The summed E-state index contributed by atoms with van der Waals surface area (Å²) >= 11 is 0. The van der Waals surface area contributed by atoms with Gasteiger partial charge in [0.25, 0.3) is 0 Å². The van der Waals surface area contributed by atoms with Crippen molar-refractivity contribution < 1.29 is 19.0 Å². The van der Waals surface area contributed by atoms with Crippen LogP contribution in [0.4, 0.5) is 0 Å². The van der Waals surface area contributed by atoms with E-state index in [1.807, 2.05) is 0 Å². The molecular formula is C4H9O4P. The molecule has 9 heavy (non-hydrogen) atoms. The first-order valence-electron chi connectivity index (χ1n) is 2.34. The van der Waals surface area contributed by atoms with Crippen LogP contribution in [0.1, 0.15) is 0 Å². The molecule has 0 aliphatic carbocycles. The molecule has 0 saturated carbocycles. The van der Waals surface area contributed by atoms with Gasteiger partial charge in [0.05, 0.1) is 0 Å². The molecule has 0 rings (SSSR count). The molecule has 4 nitrogen and oxygen atoms in total. The van der Waals surface area contributed by atoms with E-state index in [4.69, 9.17) is 5.11 Å². The fourth-order valence-corrected chi connectivity index (χ4v) is 0.822. The van der Waals surface area contributed by atoms with Gasteiger partial charge in [0.15, 0.2) is 0 Å². The molecular weight excluding hydrogens is 143 g/mol. The van der Waals surface area contributed by atoms with Crippen LogP contribution < -0.4 is 0 Å². The zero-order valence-corrected chi connectivity index (χ0v) is 6.22. The van der Waals surface area contributed by atoms with Crippen LogP contribution in [0.25, 0.3) is 0 Å². The van der Waals surface area contributed by atoms with E-state index in [0.29, 0.717) is 0 Å². The molecule has 1 N–H and O–H groups in total. The van der Waals surface area contributed by atoms with Crippen molar-refractivity contribution in [3.8, 4) is 0 Å². The molecule has 0 atom stereocenters. The first kappa shape index (κ1) is 8.66. The first-order chi connectivity index (χ1) is 3.95. The molecule has 0 saturated heterocycles. The van der Waals surface area contributed by atoms with E-state index in [-0.39, 0.29) is 0 Å². The number of aliphatic hydroxyl groups is 1. The lowest BCUT2D eigenvalue weighted by Gasteiger charge is -2.05. The standard InChI is InChI=1S/C4H9O4P/c1-9(2,7)8-4(6)3-5/h5H,3H2,1-2H3. The number of hydrogen-bond acceptors (Lipinski definition) is 4. The van der Waals surface area contributed by atoms with Crippen LogP contribution in [0.3, 0.4) is 0 Å². The van der Waals surface area contributed by atoms with Crippen LogP contribution >= 0.6 is 7.37 Å². The zero-order chi connectivity index (χ0) is 7.49. The first-order valence-corrected chi connectivity index (χ1v) is 4.86. The van der Waals surface area contributed by atoms with Crippen molar-refractivity contribution in [2.45, 2.75) is 0 Å². The molecule has 0 unspecified atom stereocenters. The van der Waals surface area contributed by atoms with Crippen LogP contribution in [0.2, 0.25) is 0 Å². The summed E-state index contributed by atoms with van der Waals surface area (Å²) in [4.78, 5) is 10.2. The Morgan fingerprint density at radius 2 is 2.11 bits per heavy atom. The molecule has 0 spiro atoms. The van der Waals surface area contributed by atoms with Crippen molar-refractivity contribution in [2.24, 2.45) is 0 Å². The zero-order valence-electron chi connectivity index (χ0n) is 5.33. The van der Waals surface area contributed by atoms with Crippen molar-refractivity contribution in [1.29, 1.82) is 0 Å². The van der Waals surface area contributed by atoms with Gasteiger partial charge in [0.1, 0.15) is 6.61 Å². The monoisotopic (exact) mass is 152 g/mol. The Morgan fingerprint density at radius 1 is 1.67 bits per heavy atom. The Hall–Kier alpha value is -0.340. The minimum Gasteiger partial charge on any atom is -0.411 e. The van der Waals surface area contributed by atoms with Gasteiger partial charge in [-0.25, -0.2) is 4.79 Å². The molecule has 0 radical (unpaired) electrons. The summed E-state index contributed by atoms with van der Waals surface area (Å²) in [7, 11) is -2.75. The Morgan fingerprint density at radius 3 is 2.22 bits per heavy atom. The molecule has 0 aliphatic rings. The number of rotatable bonds is 2. The lowest BCUT2D eigenvalue weighted by Crippen LogP contribution is -2.06. The number of carbonyl (C=O) groups is 1. The quantitative estimate of drug-likeness (QED) is 0.568. The van der Waals surface area contributed by atoms with Crippen LogP contribution in [0, 0.1) is 0 Å². The van der Waals surface area contributed by atoms with Crippen molar-refractivity contribution in [3.05, 3.63) is 0 Å². The maximum atomic E-state index is 10.6. The highest BCUT2D eigenvalue weighted by atomic mass is 31.2. The highest BCUT2D eigenvalue weighted by molar-refractivity contribution is 7.57. The molecule has 5 heteroatoms. The van der Waals surface area contributed by atoms with E-state index in [9.17, 15) is 9.36 Å². The molecule has 0 aromatic rings. The second-order valence-electron chi connectivity index (χ2n) is 1.87. The lowest BCUT2D eigenvalue weighted by atomic mass is 10.8. The highest BCUT2D eigenvalue weighted by Crippen LogP contribution is 2.36. The average molecular weight is 152 g/mol. The van der Waals surface area contributed by atoms with E-state index < -0.39 is 19.9 Å². The van der Waals surface area contributed by atoms with Gasteiger partial charge in [-0.2, -0.15) is 0 Å². The average Bonchev–Trinajstić information content (AvgIpc) is 1.62. The van der Waals surface area contributed by atoms with E-state index in [1.54, 1.807) is 0 Å². The summed E-state index contributed by atoms with van der Waals surface area (Å²) in [6, 6.07) is 0. The summed E-state index contributed by atoms with van der Waals surface area (Å²) in [5, 5.41) is 8.10. The van der Waals surface area contributed by atoms with Crippen molar-refractivity contribution >= 4 is 13.3 Å². The van der Waals surface area contributed by atoms with E-state index in [2.05, 4.69) is 4.52 Å². The molecule has 0 amide bonds. The minimum absolute atomic E-state index is 0.717. The Bertz CT molecular complexity index is 147. The topological polar surface area (TPSA) is 63.6 Å². The summed E-state index contributed by atoms with van der Waals surface area (Å²) in [5.74, 6) is -0.844. The summed E-state index contributed by atoms with van der Waals surface area (Å²) in [6.45, 7) is 1.90. The number of aliphatic hydroxyl groups excluding tert-OH is 1.